The van der Waals surface area contributed by atoms with Crippen LogP contribution in [0, 0.1) is 0 Å². The van der Waals surface area contributed by atoms with Crippen molar-refractivity contribution < 1.29 is 0 Å². The SMILES string of the molecule is Cl.NNc1cnccn1. The first-order chi connectivity index (χ1) is 3.93. The Bertz CT molecular complexity index is 154. The van der Waals surface area contributed by atoms with E-state index in [1.165, 1.54) is 0 Å². The molecule has 0 saturated heterocycles. The summed E-state index contributed by atoms with van der Waals surface area (Å²) in [6, 6.07) is 0. The molecule has 3 N–H and O–H groups in total. The van der Waals surface area contributed by atoms with Gasteiger partial charge >= 0.3 is 0 Å². The largest absolute Gasteiger partial charge is 0.307 e. The minimum Gasteiger partial charge on any atom is -0.307 e. The Morgan fingerprint density at radius 3 is 2.56 bits per heavy atom. The fourth-order valence-electron chi connectivity index (χ4n) is 0.374. The summed E-state index contributed by atoms with van der Waals surface area (Å²) in [5.41, 5.74) is 2.35. The first-order valence-corrected chi connectivity index (χ1v) is 2.16. The van der Waals surface area contributed by atoms with Crippen molar-refractivity contribution in [2.75, 3.05) is 5.43 Å². The van der Waals surface area contributed by atoms with E-state index in [4.69, 9.17) is 5.84 Å². The van der Waals surface area contributed by atoms with Gasteiger partial charge in [0.1, 0.15) is 0 Å². The Balaban J connectivity index is 0.000000640. The van der Waals surface area contributed by atoms with Gasteiger partial charge in [-0.2, -0.15) is 0 Å². The topological polar surface area (TPSA) is 63.8 Å². The molecule has 0 spiro atoms. The van der Waals surface area contributed by atoms with E-state index in [0.717, 1.165) is 0 Å². The number of hydrazine groups is 1. The molecule has 0 aliphatic heterocycles. The number of nitrogen functional groups attached to an aromatic ring is 1. The molecule has 50 valence electrons. The fraction of sp³-hybridized carbons (Fsp3) is 0. The molecule has 1 aromatic rings. The normalized spacial score (nSPS) is 7.67. The number of aromatic nitrogens is 2. The van der Waals surface area contributed by atoms with Crippen LogP contribution in [0.25, 0.3) is 0 Å². The van der Waals surface area contributed by atoms with Crippen LogP contribution in [0.15, 0.2) is 18.6 Å². The van der Waals surface area contributed by atoms with Gasteiger partial charge in [-0.05, 0) is 0 Å². The van der Waals surface area contributed by atoms with Gasteiger partial charge in [0.2, 0.25) is 0 Å². The van der Waals surface area contributed by atoms with Crippen molar-refractivity contribution in [1.82, 2.24) is 9.97 Å². The third-order valence-corrected chi connectivity index (χ3v) is 0.711. The summed E-state index contributed by atoms with van der Waals surface area (Å²) < 4.78 is 0. The Labute approximate surface area is 58.9 Å². The molecule has 5 heteroatoms. The molecule has 9 heavy (non-hydrogen) atoms. The highest BCUT2D eigenvalue weighted by Gasteiger charge is 1.81. The van der Waals surface area contributed by atoms with E-state index in [2.05, 4.69) is 15.4 Å². The van der Waals surface area contributed by atoms with Crippen LogP contribution in [-0.4, -0.2) is 9.97 Å². The zero-order valence-electron chi connectivity index (χ0n) is 4.61. The van der Waals surface area contributed by atoms with Crippen LogP contribution in [0.3, 0.4) is 0 Å². The summed E-state index contributed by atoms with van der Waals surface area (Å²) in [7, 11) is 0. The minimum atomic E-state index is 0. The van der Waals surface area contributed by atoms with Crippen molar-refractivity contribution >= 4 is 18.2 Å². The smallest absolute Gasteiger partial charge is 0.158 e. The average Bonchev–Trinajstić information content (AvgIpc) is 1.90. The van der Waals surface area contributed by atoms with Crippen molar-refractivity contribution in [3.63, 3.8) is 0 Å². The second-order valence-corrected chi connectivity index (χ2v) is 1.23. The molecular weight excluding hydrogens is 140 g/mol. The summed E-state index contributed by atoms with van der Waals surface area (Å²) in [6.45, 7) is 0. The highest BCUT2D eigenvalue weighted by Crippen LogP contribution is 1.90. The third-order valence-electron chi connectivity index (χ3n) is 0.711. The van der Waals surface area contributed by atoms with Gasteiger partial charge in [0.05, 0.1) is 6.20 Å². The van der Waals surface area contributed by atoms with Gasteiger partial charge in [-0.1, -0.05) is 0 Å². The van der Waals surface area contributed by atoms with Gasteiger partial charge < -0.3 is 5.43 Å². The maximum Gasteiger partial charge on any atom is 0.158 e. The molecule has 0 bridgehead atoms. The Morgan fingerprint density at radius 1 is 1.44 bits per heavy atom. The zero-order valence-corrected chi connectivity index (χ0v) is 5.43. The van der Waals surface area contributed by atoms with Crippen LogP contribution in [-0.2, 0) is 0 Å². The molecule has 0 saturated carbocycles. The monoisotopic (exact) mass is 146 g/mol. The molecule has 1 heterocycles. The lowest BCUT2D eigenvalue weighted by atomic mass is 10.7. The Morgan fingerprint density at radius 2 is 2.22 bits per heavy atom. The maximum absolute atomic E-state index is 5.00. The number of halogens is 1. The van der Waals surface area contributed by atoms with Crippen molar-refractivity contribution in [3.05, 3.63) is 18.6 Å². The minimum absolute atomic E-state index is 0. The molecule has 0 radical (unpaired) electrons. The molecule has 0 aromatic carbocycles. The standard InChI is InChI=1S/C4H6N4.ClH/c5-8-4-3-6-1-2-7-4;/h1-3H,5H2,(H,7,8);1H. The molecule has 0 fully saturated rings. The predicted molar refractivity (Wildman–Crippen MR) is 37.1 cm³/mol. The lowest BCUT2D eigenvalue weighted by Crippen LogP contribution is -2.07. The highest BCUT2D eigenvalue weighted by atomic mass is 35.5. The van der Waals surface area contributed by atoms with E-state index >= 15 is 0 Å². The van der Waals surface area contributed by atoms with Gasteiger partial charge in [-0.3, -0.25) is 4.98 Å². The quantitative estimate of drug-likeness (QED) is 0.439. The number of nitrogens with one attached hydrogen (secondary N) is 1. The molecule has 1 rings (SSSR count). The molecule has 0 aliphatic rings. The van der Waals surface area contributed by atoms with E-state index in [1.807, 2.05) is 0 Å². The molecule has 0 amide bonds. The Kier molecular flexibility index (Phi) is 3.66. The lowest BCUT2D eigenvalue weighted by Gasteiger charge is -1.92. The average molecular weight is 147 g/mol. The van der Waals surface area contributed by atoms with Crippen molar-refractivity contribution in [1.29, 1.82) is 0 Å². The summed E-state index contributed by atoms with van der Waals surface area (Å²) in [5.74, 6) is 5.57. The van der Waals surface area contributed by atoms with E-state index in [0.29, 0.717) is 5.82 Å². The number of anilines is 1. The van der Waals surface area contributed by atoms with Crippen LogP contribution in [0.4, 0.5) is 5.82 Å². The number of hydrogen-bond donors (Lipinski definition) is 2. The second kappa shape index (κ2) is 4.05. The van der Waals surface area contributed by atoms with Gasteiger partial charge in [0.15, 0.2) is 5.82 Å². The van der Waals surface area contributed by atoms with Crippen LogP contribution in [0.5, 0.6) is 0 Å². The van der Waals surface area contributed by atoms with Crippen molar-refractivity contribution in [3.8, 4) is 0 Å². The zero-order chi connectivity index (χ0) is 5.82. The molecule has 4 nitrogen and oxygen atoms in total. The summed E-state index contributed by atoms with van der Waals surface area (Å²) in [5, 5.41) is 0. The van der Waals surface area contributed by atoms with Crippen LogP contribution in [0.1, 0.15) is 0 Å². The summed E-state index contributed by atoms with van der Waals surface area (Å²) in [6.07, 6.45) is 4.69. The predicted octanol–water partition coefficient (Wildman–Crippen LogP) is 0.184. The van der Waals surface area contributed by atoms with Gasteiger partial charge in [0.25, 0.3) is 0 Å². The number of rotatable bonds is 1. The first kappa shape index (κ1) is 8.13. The van der Waals surface area contributed by atoms with Crippen LogP contribution < -0.4 is 11.3 Å². The van der Waals surface area contributed by atoms with Crippen LogP contribution in [0.2, 0.25) is 0 Å². The molecular formula is C4H7ClN4. The Hall–Kier alpha value is -0.870. The van der Waals surface area contributed by atoms with Gasteiger partial charge in [-0.25, -0.2) is 10.8 Å². The van der Waals surface area contributed by atoms with E-state index in [1.54, 1.807) is 18.6 Å². The van der Waals surface area contributed by atoms with Crippen LogP contribution >= 0.6 is 12.4 Å². The van der Waals surface area contributed by atoms with Gasteiger partial charge in [-0.15, -0.1) is 12.4 Å². The second-order valence-electron chi connectivity index (χ2n) is 1.23. The van der Waals surface area contributed by atoms with E-state index in [-0.39, 0.29) is 12.4 Å². The summed E-state index contributed by atoms with van der Waals surface area (Å²) in [4.78, 5) is 7.55. The molecule has 0 unspecified atom stereocenters. The molecule has 0 atom stereocenters. The third kappa shape index (κ3) is 2.25. The number of nitrogens with two attached hydrogens (primary N) is 1. The molecule has 0 aliphatic carbocycles. The number of nitrogens with zero attached hydrogens (tertiary/aromatic N) is 2. The summed E-state index contributed by atoms with van der Waals surface area (Å²) >= 11 is 0. The number of hydrogen-bond acceptors (Lipinski definition) is 4. The lowest BCUT2D eigenvalue weighted by molar-refractivity contribution is 1.16. The molecule has 1 aromatic heterocycles. The van der Waals surface area contributed by atoms with Gasteiger partial charge in [0, 0.05) is 12.4 Å². The first-order valence-electron chi connectivity index (χ1n) is 2.16. The van der Waals surface area contributed by atoms with E-state index < -0.39 is 0 Å². The van der Waals surface area contributed by atoms with E-state index in [9.17, 15) is 0 Å². The van der Waals surface area contributed by atoms with Crippen molar-refractivity contribution in [2.45, 2.75) is 0 Å². The maximum atomic E-state index is 5.00. The highest BCUT2D eigenvalue weighted by molar-refractivity contribution is 5.85. The fourth-order valence-corrected chi connectivity index (χ4v) is 0.374. The van der Waals surface area contributed by atoms with Crippen molar-refractivity contribution in [2.24, 2.45) is 5.84 Å².